The number of benzene rings is 1. The minimum Gasteiger partial charge on any atom is -0.370 e. The molecule has 0 unspecified atom stereocenters. The second-order valence-electron chi connectivity index (χ2n) is 3.65. The van der Waals surface area contributed by atoms with Crippen LogP contribution in [0.15, 0.2) is 24.3 Å². The highest BCUT2D eigenvalue weighted by molar-refractivity contribution is 5.81. The van der Waals surface area contributed by atoms with Gasteiger partial charge in [0.25, 0.3) is 0 Å². The monoisotopic (exact) mass is 200 g/mol. The summed E-state index contributed by atoms with van der Waals surface area (Å²) in [6.45, 7) is 1.47. The zero-order valence-electron chi connectivity index (χ0n) is 8.44. The summed E-state index contributed by atoms with van der Waals surface area (Å²) in [5.41, 5.74) is 1.64. The molecule has 0 saturated carbocycles. The van der Waals surface area contributed by atoms with Gasteiger partial charge in [-0.3, -0.25) is 4.79 Å². The Morgan fingerprint density at radius 2 is 1.87 bits per heavy atom. The molecule has 0 bridgehead atoms. The van der Waals surface area contributed by atoms with Crippen LogP contribution in [-0.4, -0.2) is 18.9 Å². The average molecular weight is 200 g/mol. The van der Waals surface area contributed by atoms with E-state index < -0.39 is 0 Å². The Morgan fingerprint density at radius 3 is 2.53 bits per heavy atom. The van der Waals surface area contributed by atoms with Crippen molar-refractivity contribution >= 4 is 11.5 Å². The number of nitrogens with zero attached hydrogens (tertiary/aromatic N) is 2. The highest BCUT2D eigenvalue weighted by Crippen LogP contribution is 2.22. The van der Waals surface area contributed by atoms with Crippen molar-refractivity contribution in [2.24, 2.45) is 0 Å². The highest BCUT2D eigenvalue weighted by Gasteiger charge is 2.18. The third-order valence-corrected chi connectivity index (χ3v) is 2.69. The molecular formula is C12H12N2O. The standard InChI is InChI=1S/C12H12N2O/c13-9-10-3-1-2-4-12(10)14-7-5-11(15)6-8-14/h1-4H,5-8H2. The van der Waals surface area contributed by atoms with Gasteiger partial charge in [-0.15, -0.1) is 0 Å². The highest BCUT2D eigenvalue weighted by atomic mass is 16.1. The Hall–Kier alpha value is -1.82. The Kier molecular flexibility index (Phi) is 2.68. The molecule has 0 N–H and O–H groups in total. The fourth-order valence-corrected chi connectivity index (χ4v) is 1.84. The summed E-state index contributed by atoms with van der Waals surface area (Å²) in [4.78, 5) is 13.2. The number of piperidine rings is 1. The molecule has 2 rings (SSSR count). The SMILES string of the molecule is N#Cc1ccccc1N1CCC(=O)CC1. The second-order valence-corrected chi connectivity index (χ2v) is 3.65. The molecule has 1 saturated heterocycles. The van der Waals surface area contributed by atoms with Crippen LogP contribution in [0, 0.1) is 11.3 Å². The quantitative estimate of drug-likeness (QED) is 0.693. The van der Waals surface area contributed by atoms with Gasteiger partial charge in [0.1, 0.15) is 11.9 Å². The Labute approximate surface area is 88.9 Å². The summed E-state index contributed by atoms with van der Waals surface area (Å²) in [5, 5.41) is 8.96. The molecule has 0 spiro atoms. The van der Waals surface area contributed by atoms with Gasteiger partial charge in [-0.2, -0.15) is 5.26 Å². The normalized spacial score (nSPS) is 16.2. The van der Waals surface area contributed by atoms with Crippen LogP contribution >= 0.6 is 0 Å². The lowest BCUT2D eigenvalue weighted by atomic mass is 10.1. The Bertz CT molecular complexity index is 410. The van der Waals surface area contributed by atoms with E-state index >= 15 is 0 Å². The smallest absolute Gasteiger partial charge is 0.136 e. The van der Waals surface area contributed by atoms with Crippen LogP contribution in [0.4, 0.5) is 5.69 Å². The summed E-state index contributed by atoms with van der Waals surface area (Å²) in [7, 11) is 0. The van der Waals surface area contributed by atoms with Crippen LogP contribution in [0.1, 0.15) is 18.4 Å². The van der Waals surface area contributed by atoms with Gasteiger partial charge in [0.2, 0.25) is 0 Å². The first-order chi connectivity index (χ1) is 7.31. The van der Waals surface area contributed by atoms with Crippen molar-refractivity contribution < 1.29 is 4.79 Å². The third kappa shape index (κ3) is 1.99. The van der Waals surface area contributed by atoms with Gasteiger partial charge < -0.3 is 4.90 Å². The number of hydrogen-bond acceptors (Lipinski definition) is 3. The predicted octanol–water partition coefficient (Wildman–Crippen LogP) is 1.73. The Balaban J connectivity index is 2.23. The summed E-state index contributed by atoms with van der Waals surface area (Å²) >= 11 is 0. The van der Waals surface area contributed by atoms with Crippen molar-refractivity contribution in [1.82, 2.24) is 0 Å². The predicted molar refractivity (Wildman–Crippen MR) is 57.6 cm³/mol. The molecule has 15 heavy (non-hydrogen) atoms. The van der Waals surface area contributed by atoms with E-state index in [1.165, 1.54) is 0 Å². The maximum absolute atomic E-state index is 11.1. The number of nitriles is 1. The summed E-state index contributed by atoms with van der Waals surface area (Å²) < 4.78 is 0. The Morgan fingerprint density at radius 1 is 1.20 bits per heavy atom. The minimum absolute atomic E-state index is 0.320. The zero-order valence-corrected chi connectivity index (χ0v) is 8.44. The fraction of sp³-hybridized carbons (Fsp3) is 0.333. The molecule has 1 aliphatic rings. The maximum atomic E-state index is 11.1. The first-order valence-electron chi connectivity index (χ1n) is 5.07. The molecule has 1 fully saturated rings. The van der Waals surface area contributed by atoms with Crippen LogP contribution in [0.5, 0.6) is 0 Å². The number of rotatable bonds is 1. The number of carbonyl (C=O) groups is 1. The zero-order chi connectivity index (χ0) is 10.7. The largest absolute Gasteiger partial charge is 0.370 e. The molecule has 0 amide bonds. The number of ketones is 1. The minimum atomic E-state index is 0.320. The van der Waals surface area contributed by atoms with Crippen molar-refractivity contribution in [2.45, 2.75) is 12.8 Å². The first-order valence-corrected chi connectivity index (χ1v) is 5.07. The molecule has 0 aliphatic carbocycles. The van der Waals surface area contributed by atoms with Gasteiger partial charge in [0.05, 0.1) is 11.3 Å². The number of carbonyl (C=O) groups excluding carboxylic acids is 1. The maximum Gasteiger partial charge on any atom is 0.136 e. The van der Waals surface area contributed by atoms with Crippen molar-refractivity contribution in [3.63, 3.8) is 0 Å². The van der Waals surface area contributed by atoms with Crippen molar-refractivity contribution in [3.8, 4) is 6.07 Å². The summed E-state index contributed by atoms with van der Waals surface area (Å²) in [5.74, 6) is 0.320. The molecule has 1 aliphatic heterocycles. The summed E-state index contributed by atoms with van der Waals surface area (Å²) in [6, 6.07) is 9.71. The van der Waals surface area contributed by atoms with Crippen molar-refractivity contribution in [1.29, 1.82) is 5.26 Å². The third-order valence-electron chi connectivity index (χ3n) is 2.69. The van der Waals surface area contributed by atoms with E-state index in [1.54, 1.807) is 0 Å². The number of hydrogen-bond donors (Lipinski definition) is 0. The number of anilines is 1. The van der Waals surface area contributed by atoms with E-state index in [0.29, 0.717) is 24.2 Å². The van der Waals surface area contributed by atoms with Crippen molar-refractivity contribution in [3.05, 3.63) is 29.8 Å². The molecule has 0 aromatic heterocycles. The topological polar surface area (TPSA) is 44.1 Å². The van der Waals surface area contributed by atoms with Gasteiger partial charge in [0.15, 0.2) is 0 Å². The molecule has 76 valence electrons. The molecule has 0 atom stereocenters. The van der Waals surface area contributed by atoms with Crippen LogP contribution in [0.25, 0.3) is 0 Å². The van der Waals surface area contributed by atoms with E-state index in [9.17, 15) is 4.79 Å². The number of para-hydroxylation sites is 1. The molecule has 1 heterocycles. The molecule has 3 nitrogen and oxygen atoms in total. The van der Waals surface area contributed by atoms with E-state index in [1.807, 2.05) is 24.3 Å². The second kappa shape index (κ2) is 4.14. The van der Waals surface area contributed by atoms with Crippen LogP contribution < -0.4 is 4.90 Å². The van der Waals surface area contributed by atoms with Crippen LogP contribution in [0.2, 0.25) is 0 Å². The lowest BCUT2D eigenvalue weighted by Gasteiger charge is -2.28. The van der Waals surface area contributed by atoms with E-state index in [2.05, 4.69) is 11.0 Å². The molecule has 3 heteroatoms. The van der Waals surface area contributed by atoms with E-state index in [-0.39, 0.29) is 0 Å². The van der Waals surface area contributed by atoms with E-state index in [4.69, 9.17) is 5.26 Å². The van der Waals surface area contributed by atoms with Gasteiger partial charge in [-0.1, -0.05) is 12.1 Å². The van der Waals surface area contributed by atoms with Gasteiger partial charge in [0, 0.05) is 25.9 Å². The molecule has 0 radical (unpaired) electrons. The van der Waals surface area contributed by atoms with Gasteiger partial charge in [-0.05, 0) is 12.1 Å². The average Bonchev–Trinajstić information content (AvgIpc) is 2.30. The van der Waals surface area contributed by atoms with Crippen LogP contribution in [0.3, 0.4) is 0 Å². The summed E-state index contributed by atoms with van der Waals surface area (Å²) in [6.07, 6.45) is 1.19. The molecule has 1 aromatic carbocycles. The van der Waals surface area contributed by atoms with Crippen molar-refractivity contribution in [2.75, 3.05) is 18.0 Å². The lowest BCUT2D eigenvalue weighted by Crippen LogP contribution is -2.34. The molecular weight excluding hydrogens is 188 g/mol. The number of Topliss-reactive ketones (excluding diaryl/α,β-unsaturated/α-hetero) is 1. The lowest BCUT2D eigenvalue weighted by molar-refractivity contribution is -0.119. The van der Waals surface area contributed by atoms with Gasteiger partial charge >= 0.3 is 0 Å². The molecule has 1 aromatic rings. The van der Waals surface area contributed by atoms with Crippen LogP contribution in [-0.2, 0) is 4.79 Å². The van der Waals surface area contributed by atoms with E-state index in [0.717, 1.165) is 18.8 Å². The first kappa shape index (κ1) is 9.72. The van der Waals surface area contributed by atoms with Gasteiger partial charge in [-0.25, -0.2) is 0 Å². The fourth-order valence-electron chi connectivity index (χ4n) is 1.84.